The van der Waals surface area contributed by atoms with Crippen LogP contribution in [0.3, 0.4) is 0 Å². The summed E-state index contributed by atoms with van der Waals surface area (Å²) in [6.45, 7) is 4.84. The summed E-state index contributed by atoms with van der Waals surface area (Å²) in [6.07, 6.45) is 2.04. The lowest BCUT2D eigenvalue weighted by molar-refractivity contribution is -0.139. The molecule has 1 fully saturated rings. The fourth-order valence-corrected chi connectivity index (χ4v) is 4.12. The highest BCUT2D eigenvalue weighted by Gasteiger charge is 2.50. The monoisotopic (exact) mass is 390 g/mol. The minimum absolute atomic E-state index is 0.0792. The van der Waals surface area contributed by atoms with Crippen LogP contribution in [0, 0.1) is 11.8 Å². The number of rotatable bonds is 8. The van der Waals surface area contributed by atoms with Crippen molar-refractivity contribution in [2.45, 2.75) is 38.6 Å². The number of amides is 2. The molecule has 1 saturated heterocycles. The predicted octanol–water partition coefficient (Wildman–Crippen LogP) is 2.61. The zero-order valence-electron chi connectivity index (χ0n) is 18.0. The predicted molar refractivity (Wildman–Crippen MR) is 109 cm³/mol. The fraction of sp³-hybridized carbons (Fsp3) is 0.636. The van der Waals surface area contributed by atoms with Crippen LogP contribution in [0.5, 0.6) is 5.75 Å². The molecule has 0 spiro atoms. The van der Waals surface area contributed by atoms with Crippen LogP contribution in [0.4, 0.5) is 0 Å². The first-order valence-corrected chi connectivity index (χ1v) is 9.88. The molecule has 6 nitrogen and oxygen atoms in total. The number of likely N-dealkylation sites (tertiary alicyclic amines) is 1. The Hall–Kier alpha value is -2.08. The molecule has 156 valence electrons. The highest BCUT2D eigenvalue weighted by atomic mass is 16.5. The van der Waals surface area contributed by atoms with Gasteiger partial charge in [0.05, 0.1) is 13.0 Å². The second-order valence-electron chi connectivity index (χ2n) is 8.23. The summed E-state index contributed by atoms with van der Waals surface area (Å²) >= 11 is 0. The number of benzene rings is 1. The fourth-order valence-electron chi connectivity index (χ4n) is 4.12. The van der Waals surface area contributed by atoms with Crippen LogP contribution in [0.1, 0.15) is 32.3 Å². The number of nitrogens with zero attached hydrogens (tertiary/aromatic N) is 2. The van der Waals surface area contributed by atoms with Gasteiger partial charge in [-0.05, 0) is 37.0 Å². The van der Waals surface area contributed by atoms with Crippen molar-refractivity contribution < 1.29 is 19.1 Å². The molecule has 1 aromatic rings. The molecule has 2 rings (SSSR count). The van der Waals surface area contributed by atoms with E-state index in [1.807, 2.05) is 43.0 Å². The van der Waals surface area contributed by atoms with E-state index in [9.17, 15) is 9.59 Å². The molecule has 1 aromatic carbocycles. The summed E-state index contributed by atoms with van der Waals surface area (Å²) in [6, 6.07) is 7.94. The van der Waals surface area contributed by atoms with Crippen molar-refractivity contribution in [2.75, 3.05) is 41.5 Å². The normalized spacial score (nSPS) is 21.8. The van der Waals surface area contributed by atoms with Gasteiger partial charge >= 0.3 is 0 Å². The lowest BCUT2D eigenvalue weighted by Crippen LogP contribution is -2.51. The van der Waals surface area contributed by atoms with Gasteiger partial charge in [-0.25, -0.2) is 0 Å². The molecule has 28 heavy (non-hydrogen) atoms. The number of carbonyl (C=O) groups is 2. The Labute approximate surface area is 168 Å². The standard InChI is InChI=1S/C22H34N2O4/c1-16(2)20(25)24-15-18(21(26)23(3)4)14-22(24,11-12-27-5)13-17-7-9-19(28-6)10-8-17/h7-10,16,18H,11-15H2,1-6H3/t18-,22+/m0/s1. The van der Waals surface area contributed by atoms with E-state index >= 15 is 0 Å². The van der Waals surface area contributed by atoms with Crippen LogP contribution in [-0.2, 0) is 20.7 Å². The highest BCUT2D eigenvalue weighted by Crippen LogP contribution is 2.40. The van der Waals surface area contributed by atoms with E-state index in [1.54, 1.807) is 33.2 Å². The maximum atomic E-state index is 13.1. The molecular weight excluding hydrogens is 356 g/mol. The first kappa shape index (κ1) is 22.2. The van der Waals surface area contributed by atoms with Crippen molar-refractivity contribution in [2.24, 2.45) is 11.8 Å². The molecule has 0 unspecified atom stereocenters. The van der Waals surface area contributed by atoms with Gasteiger partial charge in [0.25, 0.3) is 0 Å². The van der Waals surface area contributed by atoms with E-state index in [-0.39, 0.29) is 23.7 Å². The summed E-state index contributed by atoms with van der Waals surface area (Å²) in [5.74, 6) is 0.671. The van der Waals surface area contributed by atoms with Crippen molar-refractivity contribution in [3.05, 3.63) is 29.8 Å². The minimum Gasteiger partial charge on any atom is -0.497 e. The van der Waals surface area contributed by atoms with Crippen molar-refractivity contribution in [3.8, 4) is 5.75 Å². The van der Waals surface area contributed by atoms with Crippen LogP contribution >= 0.6 is 0 Å². The molecule has 1 aliphatic rings. The number of methoxy groups -OCH3 is 2. The van der Waals surface area contributed by atoms with Crippen molar-refractivity contribution in [1.82, 2.24) is 9.80 Å². The van der Waals surface area contributed by atoms with Crippen LogP contribution in [0.2, 0.25) is 0 Å². The molecule has 0 aromatic heterocycles. The Morgan fingerprint density at radius 3 is 2.36 bits per heavy atom. The number of hydrogen-bond acceptors (Lipinski definition) is 4. The van der Waals surface area contributed by atoms with Gasteiger partial charge in [-0.1, -0.05) is 26.0 Å². The van der Waals surface area contributed by atoms with Gasteiger partial charge in [0, 0.05) is 45.8 Å². The average molecular weight is 391 g/mol. The van der Waals surface area contributed by atoms with E-state index < -0.39 is 5.54 Å². The largest absolute Gasteiger partial charge is 0.497 e. The number of hydrogen-bond donors (Lipinski definition) is 0. The molecule has 1 aliphatic heterocycles. The van der Waals surface area contributed by atoms with Gasteiger partial charge in [-0.2, -0.15) is 0 Å². The van der Waals surface area contributed by atoms with E-state index in [4.69, 9.17) is 9.47 Å². The molecule has 6 heteroatoms. The van der Waals surface area contributed by atoms with Gasteiger partial charge in [0.1, 0.15) is 5.75 Å². The molecule has 1 heterocycles. The second kappa shape index (κ2) is 9.41. The molecule has 0 bridgehead atoms. The highest BCUT2D eigenvalue weighted by molar-refractivity contribution is 5.83. The molecule has 0 radical (unpaired) electrons. The van der Waals surface area contributed by atoms with Crippen LogP contribution < -0.4 is 4.74 Å². The van der Waals surface area contributed by atoms with E-state index in [0.29, 0.717) is 32.4 Å². The van der Waals surface area contributed by atoms with Gasteiger partial charge in [-0.3, -0.25) is 9.59 Å². The van der Waals surface area contributed by atoms with Crippen molar-refractivity contribution >= 4 is 11.8 Å². The summed E-state index contributed by atoms with van der Waals surface area (Å²) in [5, 5.41) is 0. The maximum Gasteiger partial charge on any atom is 0.227 e. The number of ether oxygens (including phenoxy) is 2. The van der Waals surface area contributed by atoms with Gasteiger partial charge in [-0.15, -0.1) is 0 Å². The molecule has 2 atom stereocenters. The zero-order valence-corrected chi connectivity index (χ0v) is 18.0. The minimum atomic E-state index is -0.428. The lowest BCUT2D eigenvalue weighted by atomic mass is 9.82. The first-order chi connectivity index (χ1) is 13.2. The Bertz CT molecular complexity index is 672. The second-order valence-corrected chi connectivity index (χ2v) is 8.23. The molecule has 2 amide bonds. The third-order valence-electron chi connectivity index (χ3n) is 5.62. The van der Waals surface area contributed by atoms with Gasteiger partial charge in [0.15, 0.2) is 0 Å². The maximum absolute atomic E-state index is 13.1. The number of carbonyl (C=O) groups excluding carboxylic acids is 2. The Morgan fingerprint density at radius 2 is 1.86 bits per heavy atom. The first-order valence-electron chi connectivity index (χ1n) is 9.88. The van der Waals surface area contributed by atoms with Gasteiger partial charge < -0.3 is 19.3 Å². The average Bonchev–Trinajstić information content (AvgIpc) is 3.04. The van der Waals surface area contributed by atoms with Crippen LogP contribution in [-0.4, -0.2) is 68.6 Å². The molecule has 0 saturated carbocycles. The third kappa shape index (κ3) is 4.85. The molecule has 0 N–H and O–H groups in total. The van der Waals surface area contributed by atoms with Crippen LogP contribution in [0.15, 0.2) is 24.3 Å². The summed E-state index contributed by atoms with van der Waals surface area (Å²) in [7, 11) is 6.87. The quantitative estimate of drug-likeness (QED) is 0.685. The van der Waals surface area contributed by atoms with E-state index in [2.05, 4.69) is 0 Å². The summed E-state index contributed by atoms with van der Waals surface area (Å²) < 4.78 is 10.6. The van der Waals surface area contributed by atoms with E-state index in [1.165, 1.54) is 0 Å². The lowest BCUT2D eigenvalue weighted by Gasteiger charge is -2.40. The van der Waals surface area contributed by atoms with Crippen molar-refractivity contribution in [3.63, 3.8) is 0 Å². The Kier molecular flexibility index (Phi) is 7.47. The van der Waals surface area contributed by atoms with Gasteiger partial charge in [0.2, 0.25) is 11.8 Å². The topological polar surface area (TPSA) is 59.1 Å². The van der Waals surface area contributed by atoms with E-state index in [0.717, 1.165) is 11.3 Å². The summed E-state index contributed by atoms with van der Waals surface area (Å²) in [4.78, 5) is 29.4. The Balaban J connectivity index is 2.41. The van der Waals surface area contributed by atoms with Crippen molar-refractivity contribution in [1.29, 1.82) is 0 Å². The molecular formula is C22H34N2O4. The summed E-state index contributed by atoms with van der Waals surface area (Å²) in [5.41, 5.74) is 0.693. The zero-order chi connectivity index (χ0) is 20.9. The van der Waals surface area contributed by atoms with Crippen LogP contribution in [0.25, 0.3) is 0 Å². The molecule has 0 aliphatic carbocycles. The third-order valence-corrected chi connectivity index (χ3v) is 5.62. The smallest absolute Gasteiger partial charge is 0.227 e. The Morgan fingerprint density at radius 1 is 1.21 bits per heavy atom. The SMILES string of the molecule is COCC[C@@]1(Cc2ccc(OC)cc2)C[C@H](C(=O)N(C)C)CN1C(=O)C(C)C.